The van der Waals surface area contributed by atoms with Gasteiger partial charge in [0, 0.05) is 12.8 Å². The van der Waals surface area contributed by atoms with Crippen LogP contribution in [0.1, 0.15) is 12.8 Å². The van der Waals surface area contributed by atoms with Gasteiger partial charge in [0.25, 0.3) is 0 Å². The number of hydrogen-bond donors (Lipinski definition) is 0. The van der Waals surface area contributed by atoms with Gasteiger partial charge in [-0.3, -0.25) is 0 Å². The van der Waals surface area contributed by atoms with Crippen molar-refractivity contribution >= 4 is 11.6 Å². The summed E-state index contributed by atoms with van der Waals surface area (Å²) >= 11 is 5.68. The molecule has 0 saturated carbocycles. The lowest BCUT2D eigenvalue weighted by molar-refractivity contribution is 0.237. The van der Waals surface area contributed by atoms with Crippen LogP contribution in [0.15, 0.2) is 22.7 Å². The van der Waals surface area contributed by atoms with Crippen LogP contribution >= 0.6 is 11.6 Å². The lowest BCUT2D eigenvalue weighted by atomic mass is 10.1. The molecule has 0 heterocycles. The van der Waals surface area contributed by atoms with E-state index in [9.17, 15) is 4.39 Å². The molecule has 1 nitrogen and oxygen atoms in total. The lowest BCUT2D eigenvalue weighted by Gasteiger charge is -2.12. The molecule has 1 rings (SSSR count). The van der Waals surface area contributed by atoms with E-state index < -0.39 is 0 Å². The lowest BCUT2D eigenvalue weighted by Crippen LogP contribution is -1.99. The van der Waals surface area contributed by atoms with Gasteiger partial charge in [-0.1, -0.05) is 17.5 Å². The molecule has 0 amide bonds. The summed E-state index contributed by atoms with van der Waals surface area (Å²) in [5, 5.41) is 0.314. The van der Waals surface area contributed by atoms with Crippen LogP contribution in [0.4, 0.5) is 4.39 Å². The Balaban J connectivity index is 2.64. The molecule has 0 aromatic heterocycles. The fourth-order valence-corrected chi connectivity index (χ4v) is 1.18. The number of allylic oxidation sites excluding steroid dienone is 4. The van der Waals surface area contributed by atoms with Gasteiger partial charge in [-0.25, -0.2) is 4.39 Å². The number of rotatable bonds is 2. The molecule has 0 aromatic rings. The van der Waals surface area contributed by atoms with E-state index in [1.807, 2.05) is 0 Å². The maximum absolute atomic E-state index is 12.6. The molecule has 0 saturated heterocycles. The van der Waals surface area contributed by atoms with Gasteiger partial charge in [-0.05, 0) is 6.08 Å². The van der Waals surface area contributed by atoms with Crippen LogP contribution in [-0.2, 0) is 4.74 Å². The first kappa shape index (κ1) is 9.15. The first-order valence-electron chi connectivity index (χ1n) is 3.55. The molecule has 0 spiro atoms. The summed E-state index contributed by atoms with van der Waals surface area (Å²) in [6.07, 6.45) is 7.08. The van der Waals surface area contributed by atoms with Crippen molar-refractivity contribution < 1.29 is 9.13 Å². The summed E-state index contributed by atoms with van der Waals surface area (Å²) in [6.45, 7) is 0.182. The standard InChI is InChI=1S/C9H8ClFO/c1-2-5-12-9-4-3-7(11)6-8(9)10/h1,6H,3-5H2. The van der Waals surface area contributed by atoms with Crippen molar-refractivity contribution in [2.75, 3.05) is 6.61 Å². The molecule has 0 aliphatic heterocycles. The van der Waals surface area contributed by atoms with E-state index in [-0.39, 0.29) is 12.4 Å². The molecule has 0 unspecified atom stereocenters. The van der Waals surface area contributed by atoms with E-state index in [4.69, 9.17) is 22.8 Å². The summed E-state index contributed by atoms with van der Waals surface area (Å²) in [5.74, 6) is 2.68. The average Bonchev–Trinajstić information content (AvgIpc) is 2.03. The summed E-state index contributed by atoms with van der Waals surface area (Å²) in [5.41, 5.74) is 0. The van der Waals surface area contributed by atoms with Gasteiger partial charge in [0.15, 0.2) is 0 Å². The Morgan fingerprint density at radius 3 is 3.00 bits per heavy atom. The summed E-state index contributed by atoms with van der Waals surface area (Å²) in [4.78, 5) is 0. The molecule has 0 atom stereocenters. The zero-order valence-electron chi connectivity index (χ0n) is 6.44. The molecule has 64 valence electrons. The van der Waals surface area contributed by atoms with Crippen LogP contribution in [0.5, 0.6) is 0 Å². The van der Waals surface area contributed by atoms with Gasteiger partial charge >= 0.3 is 0 Å². The topological polar surface area (TPSA) is 9.23 Å². The van der Waals surface area contributed by atoms with E-state index in [1.165, 1.54) is 6.08 Å². The predicted octanol–water partition coefficient (Wildman–Crippen LogP) is 2.73. The fourth-order valence-electron chi connectivity index (χ4n) is 0.912. The average molecular weight is 187 g/mol. The summed E-state index contributed by atoms with van der Waals surface area (Å²) in [7, 11) is 0. The second-order valence-electron chi connectivity index (χ2n) is 2.36. The van der Waals surface area contributed by atoms with E-state index in [1.54, 1.807) is 0 Å². The van der Waals surface area contributed by atoms with Gasteiger partial charge in [-0.2, -0.15) is 0 Å². The van der Waals surface area contributed by atoms with Crippen molar-refractivity contribution in [2.24, 2.45) is 0 Å². The molecule has 1 aliphatic carbocycles. The molecule has 0 aromatic carbocycles. The third kappa shape index (κ3) is 2.28. The first-order valence-corrected chi connectivity index (χ1v) is 3.93. The third-order valence-electron chi connectivity index (χ3n) is 1.47. The molecular weight excluding hydrogens is 179 g/mol. The van der Waals surface area contributed by atoms with Crippen LogP contribution in [0.3, 0.4) is 0 Å². The summed E-state index contributed by atoms with van der Waals surface area (Å²) < 4.78 is 17.7. The van der Waals surface area contributed by atoms with Crippen molar-refractivity contribution in [1.82, 2.24) is 0 Å². The third-order valence-corrected chi connectivity index (χ3v) is 1.79. The largest absolute Gasteiger partial charge is 0.484 e. The molecular formula is C9H8ClFO. The van der Waals surface area contributed by atoms with Crippen LogP contribution in [-0.4, -0.2) is 6.61 Å². The van der Waals surface area contributed by atoms with Crippen LogP contribution in [0, 0.1) is 12.3 Å². The smallest absolute Gasteiger partial charge is 0.148 e. The zero-order valence-corrected chi connectivity index (χ0v) is 7.20. The Bertz CT molecular complexity index is 273. The second-order valence-corrected chi connectivity index (χ2v) is 2.76. The normalized spacial score (nSPS) is 16.9. The number of hydrogen-bond acceptors (Lipinski definition) is 1. The van der Waals surface area contributed by atoms with Gasteiger partial charge in [0.05, 0.1) is 5.03 Å². The van der Waals surface area contributed by atoms with E-state index in [2.05, 4.69) is 5.92 Å². The quantitative estimate of drug-likeness (QED) is 0.603. The monoisotopic (exact) mass is 186 g/mol. The molecule has 1 aliphatic rings. The molecule has 3 heteroatoms. The summed E-state index contributed by atoms with van der Waals surface area (Å²) in [6, 6.07) is 0. The Hall–Kier alpha value is -0.940. The highest BCUT2D eigenvalue weighted by Crippen LogP contribution is 2.27. The molecule has 0 radical (unpaired) electrons. The number of ether oxygens (including phenoxy) is 1. The van der Waals surface area contributed by atoms with Gasteiger partial charge in [0.1, 0.15) is 18.2 Å². The van der Waals surface area contributed by atoms with Crippen LogP contribution in [0.25, 0.3) is 0 Å². The predicted molar refractivity (Wildman–Crippen MR) is 46.1 cm³/mol. The molecule has 0 bridgehead atoms. The maximum Gasteiger partial charge on any atom is 0.148 e. The van der Waals surface area contributed by atoms with Crippen molar-refractivity contribution in [2.45, 2.75) is 12.8 Å². The van der Waals surface area contributed by atoms with Gasteiger partial charge < -0.3 is 4.74 Å². The van der Waals surface area contributed by atoms with E-state index in [0.29, 0.717) is 23.6 Å². The van der Waals surface area contributed by atoms with Crippen molar-refractivity contribution in [3.63, 3.8) is 0 Å². The Morgan fingerprint density at radius 1 is 1.67 bits per heavy atom. The zero-order chi connectivity index (χ0) is 8.97. The van der Waals surface area contributed by atoms with E-state index >= 15 is 0 Å². The maximum atomic E-state index is 12.6. The highest BCUT2D eigenvalue weighted by molar-refractivity contribution is 6.31. The van der Waals surface area contributed by atoms with Crippen LogP contribution in [0.2, 0.25) is 0 Å². The highest BCUT2D eigenvalue weighted by Gasteiger charge is 2.12. The highest BCUT2D eigenvalue weighted by atomic mass is 35.5. The van der Waals surface area contributed by atoms with E-state index in [0.717, 1.165) is 0 Å². The second kappa shape index (κ2) is 4.18. The number of terminal acetylenes is 1. The fraction of sp³-hybridized carbons (Fsp3) is 0.333. The minimum atomic E-state index is -0.215. The Morgan fingerprint density at radius 2 is 2.42 bits per heavy atom. The Kier molecular flexibility index (Phi) is 3.19. The van der Waals surface area contributed by atoms with Crippen molar-refractivity contribution in [3.8, 4) is 12.3 Å². The van der Waals surface area contributed by atoms with Crippen LogP contribution < -0.4 is 0 Å². The Labute approximate surface area is 75.9 Å². The van der Waals surface area contributed by atoms with Gasteiger partial charge in [-0.15, -0.1) is 6.42 Å². The molecule has 12 heavy (non-hydrogen) atoms. The van der Waals surface area contributed by atoms with Gasteiger partial charge in [0.2, 0.25) is 0 Å². The van der Waals surface area contributed by atoms with Crippen molar-refractivity contribution in [1.29, 1.82) is 0 Å². The number of halogens is 2. The molecule has 0 fully saturated rings. The minimum Gasteiger partial charge on any atom is -0.484 e. The minimum absolute atomic E-state index is 0.182. The van der Waals surface area contributed by atoms with Crippen molar-refractivity contribution in [3.05, 3.63) is 22.7 Å². The SMILES string of the molecule is C#CCOC1=C(Cl)C=C(F)CC1. The first-order chi connectivity index (χ1) is 5.74. The molecule has 0 N–H and O–H groups in total.